The topological polar surface area (TPSA) is 76.0 Å². The number of allylic oxidation sites excluding steroid dienone is 2. The first-order valence-electron chi connectivity index (χ1n) is 10.2. The predicted octanol–water partition coefficient (Wildman–Crippen LogP) is 4.47. The zero-order valence-corrected chi connectivity index (χ0v) is 16.7. The summed E-state index contributed by atoms with van der Waals surface area (Å²) in [7, 11) is 0. The number of aromatic nitrogens is 2. The fourth-order valence-corrected chi connectivity index (χ4v) is 4.20. The highest BCUT2D eigenvalue weighted by atomic mass is 16.1. The van der Waals surface area contributed by atoms with Crippen LogP contribution in [0.15, 0.2) is 72.1 Å². The molecule has 0 unspecified atom stereocenters. The molecule has 150 valence electrons. The maximum atomic E-state index is 13.0. The quantitative estimate of drug-likeness (QED) is 0.683. The largest absolute Gasteiger partial charge is 0.343 e. The van der Waals surface area contributed by atoms with E-state index in [2.05, 4.69) is 15.7 Å². The van der Waals surface area contributed by atoms with E-state index in [1.165, 1.54) is 0 Å². The fourth-order valence-electron chi connectivity index (χ4n) is 4.20. The van der Waals surface area contributed by atoms with Gasteiger partial charge in [0.25, 0.3) is 5.91 Å². The highest BCUT2D eigenvalue weighted by Crippen LogP contribution is 2.41. The number of amides is 1. The van der Waals surface area contributed by atoms with Crippen molar-refractivity contribution in [2.45, 2.75) is 32.2 Å². The predicted molar refractivity (Wildman–Crippen MR) is 115 cm³/mol. The van der Waals surface area contributed by atoms with Crippen molar-refractivity contribution < 1.29 is 9.59 Å². The van der Waals surface area contributed by atoms with E-state index in [4.69, 9.17) is 0 Å². The van der Waals surface area contributed by atoms with Crippen LogP contribution in [0.3, 0.4) is 0 Å². The Labute approximate surface area is 174 Å². The van der Waals surface area contributed by atoms with Crippen LogP contribution in [0.4, 0.5) is 11.5 Å². The highest BCUT2D eigenvalue weighted by molar-refractivity contribution is 6.08. The van der Waals surface area contributed by atoms with E-state index in [1.807, 2.05) is 61.5 Å². The van der Waals surface area contributed by atoms with Crippen molar-refractivity contribution >= 4 is 23.2 Å². The Morgan fingerprint density at radius 1 is 1.10 bits per heavy atom. The van der Waals surface area contributed by atoms with E-state index in [-0.39, 0.29) is 17.7 Å². The molecule has 0 saturated heterocycles. The van der Waals surface area contributed by atoms with Crippen molar-refractivity contribution in [3.05, 3.63) is 88.8 Å². The summed E-state index contributed by atoms with van der Waals surface area (Å²) in [5.74, 6) is 0.539. The third-order valence-electron chi connectivity index (χ3n) is 5.71. The SMILES string of the molecule is Cc1ccc(NC(=O)c2cnn3c2NC2=C(C(=O)CCC2)[C@@H]3c2ccccc2)cc1. The number of fused-ring (bicyclic) bond motifs is 1. The summed E-state index contributed by atoms with van der Waals surface area (Å²) >= 11 is 0. The van der Waals surface area contributed by atoms with Gasteiger partial charge in [0.15, 0.2) is 5.78 Å². The van der Waals surface area contributed by atoms with Crippen LogP contribution >= 0.6 is 0 Å². The van der Waals surface area contributed by atoms with Crippen LogP contribution in [0, 0.1) is 6.92 Å². The maximum absolute atomic E-state index is 13.0. The second kappa shape index (κ2) is 7.30. The summed E-state index contributed by atoms with van der Waals surface area (Å²) in [4.78, 5) is 25.8. The van der Waals surface area contributed by atoms with E-state index in [0.717, 1.165) is 40.9 Å². The van der Waals surface area contributed by atoms with E-state index in [9.17, 15) is 9.59 Å². The molecule has 1 aliphatic heterocycles. The van der Waals surface area contributed by atoms with Crippen LogP contribution in [0.5, 0.6) is 0 Å². The van der Waals surface area contributed by atoms with Gasteiger partial charge in [0.1, 0.15) is 17.4 Å². The van der Waals surface area contributed by atoms with Crippen LogP contribution < -0.4 is 10.6 Å². The lowest BCUT2D eigenvalue weighted by Crippen LogP contribution is -2.32. The molecule has 3 aromatic rings. The monoisotopic (exact) mass is 398 g/mol. The van der Waals surface area contributed by atoms with Gasteiger partial charge >= 0.3 is 0 Å². The number of nitrogens with one attached hydrogen (secondary N) is 2. The zero-order chi connectivity index (χ0) is 20.7. The van der Waals surface area contributed by atoms with Crippen molar-refractivity contribution in [1.29, 1.82) is 0 Å². The first kappa shape index (κ1) is 18.4. The van der Waals surface area contributed by atoms with Crippen molar-refractivity contribution in [3.8, 4) is 0 Å². The molecule has 2 aromatic carbocycles. The van der Waals surface area contributed by atoms with Crippen molar-refractivity contribution in [2.24, 2.45) is 0 Å². The summed E-state index contributed by atoms with van der Waals surface area (Å²) in [6, 6.07) is 17.2. The molecule has 6 heteroatoms. The van der Waals surface area contributed by atoms with Crippen LogP contribution in [-0.2, 0) is 4.79 Å². The normalized spacial score (nSPS) is 17.8. The summed E-state index contributed by atoms with van der Waals surface area (Å²) in [5.41, 5.74) is 4.96. The van der Waals surface area contributed by atoms with Gasteiger partial charge in [0.05, 0.1) is 6.20 Å². The Kier molecular flexibility index (Phi) is 4.47. The van der Waals surface area contributed by atoms with Crippen molar-refractivity contribution in [3.63, 3.8) is 0 Å². The molecule has 1 amide bonds. The fraction of sp³-hybridized carbons (Fsp3) is 0.208. The molecule has 0 spiro atoms. The number of hydrogen-bond acceptors (Lipinski definition) is 4. The first-order chi connectivity index (χ1) is 14.6. The Morgan fingerprint density at radius 2 is 1.87 bits per heavy atom. The zero-order valence-electron chi connectivity index (χ0n) is 16.7. The summed E-state index contributed by atoms with van der Waals surface area (Å²) in [5, 5.41) is 10.8. The van der Waals surface area contributed by atoms with Gasteiger partial charge in [-0.1, -0.05) is 48.0 Å². The average molecular weight is 398 g/mol. The van der Waals surface area contributed by atoms with Gasteiger partial charge in [-0.3, -0.25) is 9.59 Å². The number of nitrogens with zero attached hydrogens (tertiary/aromatic N) is 2. The van der Waals surface area contributed by atoms with E-state index >= 15 is 0 Å². The van der Waals surface area contributed by atoms with Crippen LogP contribution in [0.25, 0.3) is 0 Å². The lowest BCUT2D eigenvalue weighted by atomic mass is 9.85. The van der Waals surface area contributed by atoms with Crippen molar-refractivity contribution in [2.75, 3.05) is 10.6 Å². The number of hydrogen-bond donors (Lipinski definition) is 2. The lowest BCUT2D eigenvalue weighted by molar-refractivity contribution is -0.116. The number of carbonyl (C=O) groups is 2. The number of benzene rings is 2. The molecule has 0 radical (unpaired) electrons. The molecule has 0 bridgehead atoms. The second-order valence-corrected chi connectivity index (χ2v) is 7.78. The minimum atomic E-state index is -0.328. The van der Waals surface area contributed by atoms with Gasteiger partial charge in [-0.2, -0.15) is 5.10 Å². The van der Waals surface area contributed by atoms with Gasteiger partial charge in [-0.05, 0) is 37.5 Å². The standard InChI is InChI=1S/C24H22N4O2/c1-15-10-12-17(13-11-15)26-24(30)18-14-25-28-22(16-6-3-2-4-7-16)21-19(27-23(18)28)8-5-9-20(21)29/h2-4,6-7,10-14,22,27H,5,8-9H2,1H3,(H,26,30)/t22-/m0/s1. The van der Waals surface area contributed by atoms with E-state index in [1.54, 1.807) is 10.9 Å². The molecule has 2 aliphatic rings. The summed E-state index contributed by atoms with van der Waals surface area (Å²) in [6.45, 7) is 2.00. The van der Waals surface area contributed by atoms with Gasteiger partial charge in [-0.25, -0.2) is 4.68 Å². The molecule has 30 heavy (non-hydrogen) atoms. The highest BCUT2D eigenvalue weighted by Gasteiger charge is 2.37. The number of aryl methyl sites for hydroxylation is 1. The van der Waals surface area contributed by atoms with Crippen LogP contribution in [0.2, 0.25) is 0 Å². The number of ketones is 1. The maximum Gasteiger partial charge on any atom is 0.261 e. The van der Waals surface area contributed by atoms with Crippen LogP contribution in [0.1, 0.15) is 46.8 Å². The molecule has 1 aliphatic carbocycles. The third kappa shape index (κ3) is 3.10. The first-order valence-corrected chi connectivity index (χ1v) is 10.2. The molecule has 5 rings (SSSR count). The molecule has 6 nitrogen and oxygen atoms in total. The van der Waals surface area contributed by atoms with Gasteiger partial charge in [0.2, 0.25) is 0 Å². The number of anilines is 2. The molecule has 1 aromatic heterocycles. The molecule has 0 fully saturated rings. The Hall–Kier alpha value is -3.67. The Bertz CT molecular complexity index is 1160. The lowest BCUT2D eigenvalue weighted by Gasteiger charge is -2.33. The van der Waals surface area contributed by atoms with Crippen LogP contribution in [-0.4, -0.2) is 21.5 Å². The second-order valence-electron chi connectivity index (χ2n) is 7.78. The van der Waals surface area contributed by atoms with Gasteiger partial charge in [0, 0.05) is 23.4 Å². The smallest absolute Gasteiger partial charge is 0.261 e. The average Bonchev–Trinajstić information content (AvgIpc) is 3.18. The number of rotatable bonds is 3. The molecule has 1 atom stereocenters. The number of carbonyl (C=O) groups excluding carboxylic acids is 2. The molecule has 2 heterocycles. The summed E-state index contributed by atoms with van der Waals surface area (Å²) < 4.78 is 1.77. The minimum absolute atomic E-state index is 0.143. The molecule has 2 N–H and O–H groups in total. The Morgan fingerprint density at radius 3 is 2.63 bits per heavy atom. The summed E-state index contributed by atoms with van der Waals surface area (Å²) in [6.07, 6.45) is 3.71. The minimum Gasteiger partial charge on any atom is -0.343 e. The number of Topliss-reactive ketones (excluding diaryl/α,β-unsaturated/α-hetero) is 1. The molecule has 0 saturated carbocycles. The Balaban J connectivity index is 1.56. The van der Waals surface area contributed by atoms with Gasteiger partial charge in [-0.15, -0.1) is 0 Å². The van der Waals surface area contributed by atoms with Gasteiger partial charge < -0.3 is 10.6 Å². The molecular formula is C24H22N4O2. The van der Waals surface area contributed by atoms with E-state index < -0.39 is 0 Å². The third-order valence-corrected chi connectivity index (χ3v) is 5.71. The van der Waals surface area contributed by atoms with Crippen molar-refractivity contribution in [1.82, 2.24) is 9.78 Å². The molecular weight excluding hydrogens is 376 g/mol. The van der Waals surface area contributed by atoms with E-state index in [0.29, 0.717) is 17.8 Å².